The monoisotopic (exact) mass is 293 g/mol. The van der Waals surface area contributed by atoms with Crippen LogP contribution in [0.5, 0.6) is 0 Å². The van der Waals surface area contributed by atoms with Crippen molar-refractivity contribution in [3.63, 3.8) is 0 Å². The number of hydrogen-bond acceptors (Lipinski definition) is 2. The quantitative estimate of drug-likeness (QED) is 0.704. The van der Waals surface area contributed by atoms with Crippen LogP contribution in [0.1, 0.15) is 64.8 Å². The van der Waals surface area contributed by atoms with Gasteiger partial charge in [-0.3, -0.25) is 4.68 Å². The highest BCUT2D eigenvalue weighted by molar-refractivity contribution is 5.11. The Kier molecular flexibility index (Phi) is 7.44. The molecule has 1 rings (SSSR count). The summed E-state index contributed by atoms with van der Waals surface area (Å²) in [5, 5.41) is 8.22. The third kappa shape index (κ3) is 5.82. The Labute approximate surface area is 131 Å². The van der Waals surface area contributed by atoms with E-state index in [4.69, 9.17) is 0 Å². The lowest BCUT2D eigenvalue weighted by atomic mass is 9.76. The van der Waals surface area contributed by atoms with Gasteiger partial charge in [-0.05, 0) is 50.1 Å². The van der Waals surface area contributed by atoms with Crippen molar-refractivity contribution in [3.8, 4) is 0 Å². The maximum absolute atomic E-state index is 4.51. The smallest absolute Gasteiger partial charge is 0.0596 e. The predicted octanol–water partition coefficient (Wildman–Crippen LogP) is 4.10. The predicted molar refractivity (Wildman–Crippen MR) is 91.6 cm³/mol. The lowest BCUT2D eigenvalue weighted by molar-refractivity contribution is 0.221. The average Bonchev–Trinajstić information content (AvgIpc) is 2.73. The van der Waals surface area contributed by atoms with Crippen molar-refractivity contribution in [1.82, 2.24) is 15.1 Å². The van der Waals surface area contributed by atoms with Gasteiger partial charge in [-0.25, -0.2) is 0 Å². The Hall–Kier alpha value is -0.830. The first-order valence-corrected chi connectivity index (χ1v) is 8.62. The van der Waals surface area contributed by atoms with Crippen LogP contribution in [0.25, 0.3) is 0 Å². The summed E-state index contributed by atoms with van der Waals surface area (Å²) in [5.41, 5.74) is 2.87. The van der Waals surface area contributed by atoms with Crippen LogP contribution in [0.2, 0.25) is 0 Å². The van der Waals surface area contributed by atoms with Crippen molar-refractivity contribution in [3.05, 3.63) is 17.5 Å². The topological polar surface area (TPSA) is 29.9 Å². The Morgan fingerprint density at radius 3 is 2.52 bits per heavy atom. The molecule has 3 heteroatoms. The fourth-order valence-corrected chi connectivity index (χ4v) is 3.06. The van der Waals surface area contributed by atoms with Gasteiger partial charge in [-0.15, -0.1) is 0 Å². The van der Waals surface area contributed by atoms with Gasteiger partial charge >= 0.3 is 0 Å². The second kappa shape index (κ2) is 8.57. The van der Waals surface area contributed by atoms with Crippen LogP contribution in [0.4, 0.5) is 0 Å². The maximum atomic E-state index is 4.51. The summed E-state index contributed by atoms with van der Waals surface area (Å²) in [6.45, 7) is 13.5. The zero-order chi connectivity index (χ0) is 15.9. The molecule has 1 aromatic rings. The van der Waals surface area contributed by atoms with Crippen molar-refractivity contribution in [2.45, 2.75) is 66.7 Å². The van der Waals surface area contributed by atoms with Gasteiger partial charge in [0.25, 0.3) is 0 Å². The number of unbranched alkanes of at least 4 members (excludes halogenated alkanes) is 1. The highest BCUT2D eigenvalue weighted by Crippen LogP contribution is 2.32. The fraction of sp³-hybridized carbons (Fsp3) is 0.833. The number of nitrogens with zero attached hydrogens (tertiary/aromatic N) is 2. The molecule has 0 amide bonds. The van der Waals surface area contributed by atoms with Crippen LogP contribution in [-0.2, 0) is 13.5 Å². The molecule has 0 aliphatic rings. The minimum Gasteiger partial charge on any atom is -0.316 e. The Morgan fingerprint density at radius 2 is 2.05 bits per heavy atom. The summed E-state index contributed by atoms with van der Waals surface area (Å²) in [5.74, 6) is 0.713. The molecule has 21 heavy (non-hydrogen) atoms. The van der Waals surface area contributed by atoms with Gasteiger partial charge in [0, 0.05) is 19.3 Å². The Bertz CT molecular complexity index is 409. The average molecular weight is 293 g/mol. The van der Waals surface area contributed by atoms with Gasteiger partial charge in [-0.2, -0.15) is 5.10 Å². The summed E-state index contributed by atoms with van der Waals surface area (Å²) >= 11 is 0. The first-order valence-electron chi connectivity index (χ1n) is 8.62. The molecule has 1 heterocycles. The van der Waals surface area contributed by atoms with Crippen LogP contribution < -0.4 is 5.32 Å². The second-order valence-electron chi connectivity index (χ2n) is 7.06. The lowest BCUT2D eigenvalue weighted by Gasteiger charge is -2.34. The van der Waals surface area contributed by atoms with E-state index in [1.807, 2.05) is 0 Å². The number of aromatic nitrogens is 2. The Balaban J connectivity index is 2.80. The van der Waals surface area contributed by atoms with Gasteiger partial charge in [0.2, 0.25) is 0 Å². The van der Waals surface area contributed by atoms with Crippen molar-refractivity contribution < 1.29 is 0 Å². The Morgan fingerprint density at radius 1 is 1.33 bits per heavy atom. The molecule has 1 atom stereocenters. The van der Waals surface area contributed by atoms with E-state index in [0.29, 0.717) is 11.3 Å². The van der Waals surface area contributed by atoms with E-state index in [2.05, 4.69) is 62.8 Å². The minimum absolute atomic E-state index is 0.366. The van der Waals surface area contributed by atoms with Gasteiger partial charge in [0.15, 0.2) is 0 Å². The van der Waals surface area contributed by atoms with Gasteiger partial charge < -0.3 is 5.32 Å². The van der Waals surface area contributed by atoms with E-state index in [1.54, 1.807) is 0 Å². The third-order valence-electron chi connectivity index (χ3n) is 4.52. The highest BCUT2D eigenvalue weighted by Gasteiger charge is 2.29. The molecule has 1 unspecified atom stereocenters. The summed E-state index contributed by atoms with van der Waals surface area (Å²) in [7, 11) is 2.07. The molecule has 0 bridgehead atoms. The van der Waals surface area contributed by atoms with E-state index in [9.17, 15) is 0 Å². The molecule has 0 saturated carbocycles. The van der Waals surface area contributed by atoms with Crippen molar-refractivity contribution in [1.29, 1.82) is 0 Å². The molecular weight excluding hydrogens is 258 g/mol. The zero-order valence-electron chi connectivity index (χ0n) is 15.0. The lowest BCUT2D eigenvalue weighted by Crippen LogP contribution is -2.37. The minimum atomic E-state index is 0.366. The number of rotatable bonds is 10. The van der Waals surface area contributed by atoms with Gasteiger partial charge in [-0.1, -0.05) is 40.5 Å². The van der Waals surface area contributed by atoms with Gasteiger partial charge in [0.1, 0.15) is 0 Å². The van der Waals surface area contributed by atoms with Crippen molar-refractivity contribution in [2.75, 3.05) is 13.1 Å². The number of aryl methyl sites for hydroxylation is 2. The largest absolute Gasteiger partial charge is 0.316 e. The molecule has 0 aliphatic carbocycles. The molecule has 122 valence electrons. The molecule has 0 aliphatic heterocycles. The van der Waals surface area contributed by atoms with E-state index in [0.717, 1.165) is 25.2 Å². The molecule has 0 aromatic carbocycles. The van der Waals surface area contributed by atoms with Crippen LogP contribution in [-0.4, -0.2) is 22.9 Å². The summed E-state index contributed by atoms with van der Waals surface area (Å²) in [4.78, 5) is 0. The van der Waals surface area contributed by atoms with Crippen LogP contribution in [0.3, 0.4) is 0 Å². The molecule has 0 fully saturated rings. The van der Waals surface area contributed by atoms with E-state index < -0.39 is 0 Å². The van der Waals surface area contributed by atoms with Crippen LogP contribution in [0.15, 0.2) is 6.07 Å². The molecule has 0 saturated heterocycles. The van der Waals surface area contributed by atoms with Gasteiger partial charge in [0.05, 0.1) is 5.69 Å². The number of nitrogens with one attached hydrogen (secondary N) is 1. The van der Waals surface area contributed by atoms with E-state index in [-0.39, 0.29) is 0 Å². The standard InChI is InChI=1S/C18H35N3/c1-7-9-10-18(8-2,14-19-13-15(3)4)12-17-11-16(5)20-21(17)6/h11,15,19H,7-10,12-14H2,1-6H3. The molecule has 1 aromatic heterocycles. The summed E-state index contributed by atoms with van der Waals surface area (Å²) in [6, 6.07) is 2.25. The van der Waals surface area contributed by atoms with Crippen LogP contribution >= 0.6 is 0 Å². The SMILES string of the molecule is CCCCC(CC)(CNCC(C)C)Cc1cc(C)nn1C. The van der Waals surface area contributed by atoms with Crippen molar-refractivity contribution >= 4 is 0 Å². The fourth-order valence-electron chi connectivity index (χ4n) is 3.06. The maximum Gasteiger partial charge on any atom is 0.0596 e. The molecule has 0 radical (unpaired) electrons. The first kappa shape index (κ1) is 18.2. The third-order valence-corrected chi connectivity index (χ3v) is 4.52. The molecule has 0 spiro atoms. The summed E-state index contributed by atoms with van der Waals surface area (Å²) in [6.07, 6.45) is 6.24. The molecule has 1 N–H and O–H groups in total. The van der Waals surface area contributed by atoms with Crippen LogP contribution in [0, 0.1) is 18.3 Å². The van der Waals surface area contributed by atoms with E-state index in [1.165, 1.54) is 31.4 Å². The number of hydrogen-bond donors (Lipinski definition) is 1. The van der Waals surface area contributed by atoms with Crippen molar-refractivity contribution in [2.24, 2.45) is 18.4 Å². The second-order valence-corrected chi connectivity index (χ2v) is 7.06. The summed E-state index contributed by atoms with van der Waals surface area (Å²) < 4.78 is 2.06. The highest BCUT2D eigenvalue weighted by atomic mass is 15.3. The normalized spacial score (nSPS) is 14.6. The first-order chi connectivity index (χ1) is 9.92. The zero-order valence-corrected chi connectivity index (χ0v) is 15.0. The molecule has 3 nitrogen and oxygen atoms in total. The molecular formula is C18H35N3. The van der Waals surface area contributed by atoms with E-state index >= 15 is 0 Å².